The monoisotopic (exact) mass is 331 g/mol. The summed E-state index contributed by atoms with van der Waals surface area (Å²) in [6, 6.07) is 17.9. The Kier molecular flexibility index (Phi) is 3.76. The van der Waals surface area contributed by atoms with Gasteiger partial charge in [0, 0.05) is 19.1 Å². The minimum absolute atomic E-state index is 0.389. The van der Waals surface area contributed by atoms with Crippen molar-refractivity contribution in [1.29, 1.82) is 0 Å². The molecule has 1 aliphatic heterocycles. The first-order chi connectivity index (χ1) is 12.3. The lowest BCUT2D eigenvalue weighted by atomic mass is 9.84. The Bertz CT molecular complexity index is 926. The highest BCUT2D eigenvalue weighted by Crippen LogP contribution is 2.41. The van der Waals surface area contributed by atoms with Crippen molar-refractivity contribution in [1.82, 2.24) is 4.90 Å². The van der Waals surface area contributed by atoms with Crippen LogP contribution in [0.2, 0.25) is 0 Å². The van der Waals surface area contributed by atoms with Gasteiger partial charge >= 0.3 is 0 Å². The van der Waals surface area contributed by atoms with Crippen LogP contribution in [0.3, 0.4) is 0 Å². The smallest absolute Gasteiger partial charge is 0.0926 e. The zero-order chi connectivity index (χ0) is 16.8. The van der Waals surface area contributed by atoms with Gasteiger partial charge in [-0.25, -0.2) is 0 Å². The van der Waals surface area contributed by atoms with E-state index in [1.165, 1.54) is 64.8 Å². The molecule has 2 nitrogen and oxygen atoms in total. The SMILES string of the molecule is OC1CN(C2CCCCC2)Cc2c1c1ccccc1c1ccccc21. The van der Waals surface area contributed by atoms with E-state index in [1.807, 2.05) is 0 Å². The summed E-state index contributed by atoms with van der Waals surface area (Å²) in [4.78, 5) is 2.55. The molecule has 0 spiro atoms. The lowest BCUT2D eigenvalue weighted by molar-refractivity contribution is 0.0541. The number of hydrogen-bond acceptors (Lipinski definition) is 2. The third kappa shape index (κ3) is 2.47. The molecule has 1 saturated carbocycles. The molecule has 0 aromatic heterocycles. The van der Waals surface area contributed by atoms with Gasteiger partial charge in [0.05, 0.1) is 6.10 Å². The Balaban J connectivity index is 1.71. The van der Waals surface area contributed by atoms with E-state index in [0.29, 0.717) is 6.04 Å². The molecule has 0 saturated heterocycles. The first kappa shape index (κ1) is 15.4. The van der Waals surface area contributed by atoms with Crippen molar-refractivity contribution in [3.05, 3.63) is 59.7 Å². The van der Waals surface area contributed by atoms with Gasteiger partial charge < -0.3 is 5.11 Å². The van der Waals surface area contributed by atoms with Crippen molar-refractivity contribution in [2.75, 3.05) is 6.54 Å². The van der Waals surface area contributed by atoms with Gasteiger partial charge in [0.2, 0.25) is 0 Å². The summed E-state index contributed by atoms with van der Waals surface area (Å²) in [7, 11) is 0. The van der Waals surface area contributed by atoms with Gasteiger partial charge in [0.25, 0.3) is 0 Å². The molecular formula is C23H25NO. The first-order valence-electron chi connectivity index (χ1n) is 9.67. The maximum Gasteiger partial charge on any atom is 0.0926 e. The fraction of sp³-hybridized carbons (Fsp3) is 0.391. The number of aliphatic hydroxyl groups excluding tert-OH is 1. The fourth-order valence-corrected chi connectivity index (χ4v) is 5.10. The minimum atomic E-state index is -0.389. The highest BCUT2D eigenvalue weighted by molar-refractivity contribution is 6.11. The summed E-state index contributed by atoms with van der Waals surface area (Å²) in [6.07, 6.45) is 6.23. The lowest BCUT2D eigenvalue weighted by Crippen LogP contribution is -2.42. The van der Waals surface area contributed by atoms with Gasteiger partial charge in [-0.2, -0.15) is 0 Å². The summed E-state index contributed by atoms with van der Waals surface area (Å²) in [5.41, 5.74) is 2.51. The molecule has 0 amide bonds. The Labute approximate surface area is 149 Å². The quantitative estimate of drug-likeness (QED) is 0.621. The predicted molar refractivity (Wildman–Crippen MR) is 104 cm³/mol. The molecule has 1 N–H and O–H groups in total. The van der Waals surface area contributed by atoms with E-state index in [2.05, 4.69) is 53.4 Å². The van der Waals surface area contributed by atoms with E-state index in [4.69, 9.17) is 0 Å². The van der Waals surface area contributed by atoms with Gasteiger partial charge in [0.15, 0.2) is 0 Å². The van der Waals surface area contributed by atoms with Crippen LogP contribution in [0.5, 0.6) is 0 Å². The Morgan fingerprint density at radius 3 is 2.08 bits per heavy atom. The number of nitrogens with zero attached hydrogens (tertiary/aromatic N) is 1. The molecule has 3 aromatic rings. The van der Waals surface area contributed by atoms with Gasteiger partial charge in [0.1, 0.15) is 0 Å². The topological polar surface area (TPSA) is 23.5 Å². The third-order valence-corrected chi connectivity index (χ3v) is 6.28. The van der Waals surface area contributed by atoms with Gasteiger partial charge in [-0.3, -0.25) is 4.90 Å². The standard InChI is InChI=1S/C23H25NO/c25-22-15-24(16-8-2-1-3-9-16)14-21-19-12-5-4-10-17(19)18-11-6-7-13-20(18)23(21)22/h4-7,10-13,16,22,25H,1-3,8-9,14-15H2. The molecule has 3 aromatic carbocycles. The van der Waals surface area contributed by atoms with Crippen LogP contribution in [0.1, 0.15) is 49.3 Å². The molecule has 2 aliphatic rings. The van der Waals surface area contributed by atoms with Crippen molar-refractivity contribution < 1.29 is 5.11 Å². The Morgan fingerprint density at radius 1 is 0.760 bits per heavy atom. The largest absolute Gasteiger partial charge is 0.387 e. The minimum Gasteiger partial charge on any atom is -0.387 e. The zero-order valence-electron chi connectivity index (χ0n) is 14.6. The summed E-state index contributed by atoms with van der Waals surface area (Å²) < 4.78 is 0. The fourth-order valence-electron chi connectivity index (χ4n) is 5.10. The maximum absolute atomic E-state index is 11.1. The molecule has 1 atom stereocenters. The number of fused-ring (bicyclic) bond motifs is 6. The number of rotatable bonds is 1. The molecule has 1 fully saturated rings. The maximum atomic E-state index is 11.1. The average molecular weight is 331 g/mol. The van der Waals surface area contributed by atoms with Crippen LogP contribution in [0.4, 0.5) is 0 Å². The van der Waals surface area contributed by atoms with Crippen LogP contribution in [-0.2, 0) is 6.54 Å². The number of β-amino-alcohol motifs (C(OH)–C–C–N with tert-alkyl or cyclic N) is 1. The first-order valence-corrected chi connectivity index (χ1v) is 9.67. The normalized spacial score (nSPS) is 22.4. The molecule has 1 unspecified atom stereocenters. The molecule has 5 rings (SSSR count). The molecule has 0 bridgehead atoms. The van der Waals surface area contributed by atoms with Crippen molar-refractivity contribution in [3.8, 4) is 0 Å². The third-order valence-electron chi connectivity index (χ3n) is 6.28. The van der Waals surface area contributed by atoms with Gasteiger partial charge in [-0.1, -0.05) is 67.8 Å². The molecule has 25 heavy (non-hydrogen) atoms. The second-order valence-corrected chi connectivity index (χ2v) is 7.72. The molecule has 128 valence electrons. The second kappa shape index (κ2) is 6.12. The van der Waals surface area contributed by atoms with E-state index in [9.17, 15) is 5.11 Å². The predicted octanol–water partition coefficient (Wildman–Crippen LogP) is 5.17. The van der Waals surface area contributed by atoms with E-state index >= 15 is 0 Å². The van der Waals surface area contributed by atoms with Crippen molar-refractivity contribution in [2.24, 2.45) is 0 Å². The molecule has 2 heteroatoms. The van der Waals surface area contributed by atoms with Crippen LogP contribution in [0.15, 0.2) is 48.5 Å². The lowest BCUT2D eigenvalue weighted by Gasteiger charge is -2.40. The van der Waals surface area contributed by atoms with Crippen LogP contribution >= 0.6 is 0 Å². The van der Waals surface area contributed by atoms with E-state index in [-0.39, 0.29) is 6.10 Å². The number of hydrogen-bond donors (Lipinski definition) is 1. The van der Waals surface area contributed by atoms with Crippen molar-refractivity contribution >= 4 is 21.5 Å². The highest BCUT2D eigenvalue weighted by Gasteiger charge is 2.31. The Hall–Kier alpha value is -1.90. The summed E-state index contributed by atoms with van der Waals surface area (Å²) in [6.45, 7) is 1.75. The summed E-state index contributed by atoms with van der Waals surface area (Å²) >= 11 is 0. The molecule has 0 radical (unpaired) electrons. The van der Waals surface area contributed by atoms with E-state index in [1.54, 1.807) is 0 Å². The van der Waals surface area contributed by atoms with Crippen molar-refractivity contribution in [2.45, 2.75) is 50.8 Å². The van der Waals surface area contributed by atoms with Gasteiger partial charge in [-0.05, 0) is 45.5 Å². The molecule has 1 aliphatic carbocycles. The van der Waals surface area contributed by atoms with E-state index < -0.39 is 0 Å². The van der Waals surface area contributed by atoms with Gasteiger partial charge in [-0.15, -0.1) is 0 Å². The van der Waals surface area contributed by atoms with Crippen LogP contribution in [0.25, 0.3) is 21.5 Å². The highest BCUT2D eigenvalue weighted by atomic mass is 16.3. The Morgan fingerprint density at radius 2 is 1.36 bits per heavy atom. The molecule has 1 heterocycles. The van der Waals surface area contributed by atoms with Crippen LogP contribution < -0.4 is 0 Å². The number of benzene rings is 3. The molecular weight excluding hydrogens is 306 g/mol. The average Bonchev–Trinajstić information content (AvgIpc) is 2.68. The summed E-state index contributed by atoms with van der Waals surface area (Å²) in [5.74, 6) is 0. The van der Waals surface area contributed by atoms with Crippen LogP contribution in [-0.4, -0.2) is 22.6 Å². The summed E-state index contributed by atoms with van der Waals surface area (Å²) in [5, 5.41) is 16.2. The zero-order valence-corrected chi connectivity index (χ0v) is 14.6. The number of aliphatic hydroxyl groups is 1. The second-order valence-electron chi connectivity index (χ2n) is 7.72. The van der Waals surface area contributed by atoms with Crippen molar-refractivity contribution in [3.63, 3.8) is 0 Å². The van der Waals surface area contributed by atoms with Crippen LogP contribution in [0, 0.1) is 0 Å². The van der Waals surface area contributed by atoms with E-state index in [0.717, 1.165) is 13.1 Å².